The highest BCUT2D eigenvalue weighted by molar-refractivity contribution is 5.66. The van der Waals surface area contributed by atoms with Crippen molar-refractivity contribution in [2.24, 2.45) is 7.05 Å². The summed E-state index contributed by atoms with van der Waals surface area (Å²) in [5, 5.41) is 4.12. The van der Waals surface area contributed by atoms with Gasteiger partial charge in [-0.3, -0.25) is 0 Å². The van der Waals surface area contributed by atoms with Crippen LogP contribution in [-0.2, 0) is 20.2 Å². The van der Waals surface area contributed by atoms with Gasteiger partial charge >= 0.3 is 11.7 Å². The molecule has 6 nitrogen and oxygen atoms in total. The van der Waals surface area contributed by atoms with Gasteiger partial charge in [-0.2, -0.15) is 0 Å². The molecule has 0 fully saturated rings. The lowest BCUT2D eigenvalue weighted by Crippen LogP contribution is -2.23. The van der Waals surface area contributed by atoms with Gasteiger partial charge in [-0.1, -0.05) is 54.6 Å². The maximum Gasteiger partial charge on any atom is 0.348 e. The Hall–Kier alpha value is -3.80. The van der Waals surface area contributed by atoms with Crippen LogP contribution in [0, 0.1) is 6.92 Å². The van der Waals surface area contributed by atoms with E-state index in [1.165, 1.54) is 16.4 Å². The van der Waals surface area contributed by atoms with Gasteiger partial charge in [0.2, 0.25) is 0 Å². The largest absolute Gasteiger partial charge is 0.489 e. The fourth-order valence-corrected chi connectivity index (χ4v) is 3.47. The number of rotatable bonds is 7. The Balaban J connectivity index is 1.59. The Morgan fingerprint density at radius 1 is 0.935 bits per heavy atom. The maximum atomic E-state index is 12.4. The standard InChI is InChI=1S/C25H25N3O3/c1-18-12-13-21(14-22(18)16-28-24(30-3)26-27(2)25(28)29)20-10-7-11-23(15-20)31-17-19-8-5-4-6-9-19/h4-15H,16-17H2,1-3H3. The monoisotopic (exact) mass is 415 g/mol. The topological polar surface area (TPSA) is 58.3 Å². The Labute approximate surface area is 181 Å². The fraction of sp³-hybridized carbons (Fsp3) is 0.200. The van der Waals surface area contributed by atoms with E-state index in [2.05, 4.69) is 29.4 Å². The first kappa shape index (κ1) is 20.5. The molecule has 4 rings (SSSR count). The normalized spacial score (nSPS) is 10.8. The third-order valence-electron chi connectivity index (χ3n) is 5.25. The van der Waals surface area contributed by atoms with Crippen molar-refractivity contribution in [2.75, 3.05) is 7.11 Å². The van der Waals surface area contributed by atoms with E-state index in [9.17, 15) is 4.79 Å². The second kappa shape index (κ2) is 8.92. The summed E-state index contributed by atoms with van der Waals surface area (Å²) in [6.45, 7) is 2.94. The van der Waals surface area contributed by atoms with Crippen molar-refractivity contribution in [3.05, 3.63) is 100.0 Å². The molecule has 0 aliphatic heterocycles. The summed E-state index contributed by atoms with van der Waals surface area (Å²) in [6, 6.07) is 24.7. The van der Waals surface area contributed by atoms with Gasteiger partial charge in [-0.15, -0.1) is 5.10 Å². The lowest BCUT2D eigenvalue weighted by molar-refractivity contribution is 0.306. The number of aromatic nitrogens is 3. The number of aryl methyl sites for hydroxylation is 2. The number of hydrogen-bond acceptors (Lipinski definition) is 4. The third-order valence-corrected chi connectivity index (χ3v) is 5.25. The molecule has 3 aromatic carbocycles. The van der Waals surface area contributed by atoms with Gasteiger partial charge in [0.25, 0.3) is 0 Å². The molecule has 0 saturated heterocycles. The van der Waals surface area contributed by atoms with Crippen LogP contribution < -0.4 is 15.2 Å². The van der Waals surface area contributed by atoms with Gasteiger partial charge in [0.05, 0.1) is 13.7 Å². The molecule has 1 aromatic heterocycles. The highest BCUT2D eigenvalue weighted by Crippen LogP contribution is 2.27. The molecule has 0 N–H and O–H groups in total. The quantitative estimate of drug-likeness (QED) is 0.454. The van der Waals surface area contributed by atoms with Crippen molar-refractivity contribution in [3.8, 4) is 22.9 Å². The third kappa shape index (κ3) is 4.53. The molecule has 0 bridgehead atoms. The van der Waals surface area contributed by atoms with Gasteiger partial charge in [0, 0.05) is 7.05 Å². The molecule has 4 aromatic rings. The first-order valence-corrected chi connectivity index (χ1v) is 10.1. The van der Waals surface area contributed by atoms with Crippen molar-refractivity contribution in [3.63, 3.8) is 0 Å². The van der Waals surface area contributed by atoms with Crippen LogP contribution >= 0.6 is 0 Å². The Kier molecular flexibility index (Phi) is 5.89. The van der Waals surface area contributed by atoms with Crippen molar-refractivity contribution in [2.45, 2.75) is 20.1 Å². The van der Waals surface area contributed by atoms with Crippen LogP contribution in [0.25, 0.3) is 11.1 Å². The summed E-state index contributed by atoms with van der Waals surface area (Å²) in [7, 11) is 3.13. The average molecular weight is 415 g/mol. The van der Waals surface area contributed by atoms with Crippen molar-refractivity contribution >= 4 is 0 Å². The van der Waals surface area contributed by atoms with Crippen LogP contribution in [0.3, 0.4) is 0 Å². The van der Waals surface area contributed by atoms with E-state index in [0.717, 1.165) is 33.6 Å². The van der Waals surface area contributed by atoms with Gasteiger partial charge in [0.1, 0.15) is 12.4 Å². The lowest BCUT2D eigenvalue weighted by Gasteiger charge is -2.12. The van der Waals surface area contributed by atoms with E-state index >= 15 is 0 Å². The minimum Gasteiger partial charge on any atom is -0.489 e. The summed E-state index contributed by atoms with van der Waals surface area (Å²) in [6.07, 6.45) is 0. The molecule has 0 spiro atoms. The molecular weight excluding hydrogens is 390 g/mol. The Morgan fingerprint density at radius 3 is 2.48 bits per heavy atom. The minimum atomic E-state index is -0.210. The van der Waals surface area contributed by atoms with Crippen LogP contribution in [0.1, 0.15) is 16.7 Å². The number of benzene rings is 3. The van der Waals surface area contributed by atoms with Crippen molar-refractivity contribution in [1.82, 2.24) is 14.3 Å². The van der Waals surface area contributed by atoms with E-state index in [1.54, 1.807) is 7.05 Å². The lowest BCUT2D eigenvalue weighted by atomic mass is 9.99. The first-order chi connectivity index (χ1) is 15.0. The van der Waals surface area contributed by atoms with Crippen LogP contribution in [-0.4, -0.2) is 21.5 Å². The van der Waals surface area contributed by atoms with Gasteiger partial charge in [-0.25, -0.2) is 14.0 Å². The zero-order valence-corrected chi connectivity index (χ0v) is 17.9. The molecule has 158 valence electrons. The minimum absolute atomic E-state index is 0.210. The van der Waals surface area contributed by atoms with Gasteiger partial charge in [0.15, 0.2) is 0 Å². The molecular formula is C25H25N3O3. The molecule has 0 aliphatic carbocycles. The summed E-state index contributed by atoms with van der Waals surface area (Å²) < 4.78 is 14.1. The molecule has 1 heterocycles. The highest BCUT2D eigenvalue weighted by Gasteiger charge is 2.13. The van der Waals surface area contributed by atoms with Crippen molar-refractivity contribution in [1.29, 1.82) is 0 Å². The van der Waals surface area contributed by atoms with E-state index in [-0.39, 0.29) is 5.69 Å². The second-order valence-corrected chi connectivity index (χ2v) is 7.42. The maximum absolute atomic E-state index is 12.4. The first-order valence-electron chi connectivity index (χ1n) is 10.1. The predicted molar refractivity (Wildman–Crippen MR) is 121 cm³/mol. The Bertz CT molecular complexity index is 1240. The highest BCUT2D eigenvalue weighted by atomic mass is 16.5. The average Bonchev–Trinajstić information content (AvgIpc) is 3.07. The van der Waals surface area contributed by atoms with Crippen LogP contribution in [0.15, 0.2) is 77.6 Å². The Morgan fingerprint density at radius 2 is 1.71 bits per heavy atom. The van der Waals surface area contributed by atoms with E-state index in [4.69, 9.17) is 9.47 Å². The number of nitrogens with zero attached hydrogens (tertiary/aromatic N) is 3. The molecule has 0 aliphatic rings. The van der Waals surface area contributed by atoms with E-state index in [1.807, 2.05) is 55.5 Å². The summed E-state index contributed by atoms with van der Waals surface area (Å²) in [4.78, 5) is 12.4. The fourth-order valence-electron chi connectivity index (χ4n) is 3.47. The second-order valence-electron chi connectivity index (χ2n) is 7.42. The van der Waals surface area contributed by atoms with Gasteiger partial charge < -0.3 is 9.47 Å². The van der Waals surface area contributed by atoms with E-state index < -0.39 is 0 Å². The zero-order chi connectivity index (χ0) is 21.8. The van der Waals surface area contributed by atoms with Gasteiger partial charge in [-0.05, 0) is 52.9 Å². The molecule has 31 heavy (non-hydrogen) atoms. The smallest absolute Gasteiger partial charge is 0.348 e. The van der Waals surface area contributed by atoms with Crippen LogP contribution in [0.5, 0.6) is 11.8 Å². The number of methoxy groups -OCH3 is 1. The van der Waals surface area contributed by atoms with Crippen LogP contribution in [0.4, 0.5) is 0 Å². The molecule has 0 amide bonds. The number of ether oxygens (including phenoxy) is 2. The molecule has 0 unspecified atom stereocenters. The number of hydrogen-bond donors (Lipinski definition) is 0. The zero-order valence-electron chi connectivity index (χ0n) is 17.9. The van der Waals surface area contributed by atoms with E-state index in [0.29, 0.717) is 19.2 Å². The summed E-state index contributed by atoms with van der Waals surface area (Å²) in [5.74, 6) is 0.814. The SMILES string of the molecule is COc1nn(C)c(=O)n1Cc1cc(-c2cccc(OCc3ccccc3)c2)ccc1C. The molecule has 0 atom stereocenters. The summed E-state index contributed by atoms with van der Waals surface area (Å²) >= 11 is 0. The predicted octanol–water partition coefficient (Wildman–Crippen LogP) is 4.19. The molecule has 0 saturated carbocycles. The summed E-state index contributed by atoms with van der Waals surface area (Å²) in [5.41, 5.74) is 5.15. The van der Waals surface area contributed by atoms with Crippen molar-refractivity contribution < 1.29 is 9.47 Å². The molecule has 6 heteroatoms. The van der Waals surface area contributed by atoms with Crippen LogP contribution in [0.2, 0.25) is 0 Å². The molecule has 0 radical (unpaired) electrons.